The van der Waals surface area contributed by atoms with Crippen LogP contribution in [0.1, 0.15) is 12.8 Å². The second-order valence-electron chi connectivity index (χ2n) is 2.28. The summed E-state index contributed by atoms with van der Waals surface area (Å²) in [5.41, 5.74) is 0.277. The largest absolute Gasteiger partial charge is 0.507 e. The smallest absolute Gasteiger partial charge is 0.341 e. The molecule has 0 amide bonds. The molecule has 3 nitrogen and oxygen atoms in total. The second-order valence-corrected chi connectivity index (χ2v) is 2.28. The predicted octanol–water partition coefficient (Wildman–Crippen LogP) is 1.32. The minimum atomic E-state index is -0.474. The zero-order chi connectivity index (χ0) is 8.27. The number of aliphatic hydroxyl groups excluding tert-OH is 1. The Hall–Kier alpha value is -1.25. The number of allylic oxidation sites excluding steroid dienone is 2. The van der Waals surface area contributed by atoms with Gasteiger partial charge in [0.15, 0.2) is 0 Å². The Kier molecular flexibility index (Phi) is 2.31. The Labute approximate surface area is 65.0 Å². The average Bonchev–Trinajstić information content (AvgIpc) is 2.04. The van der Waals surface area contributed by atoms with Crippen LogP contribution in [0.2, 0.25) is 0 Å². The van der Waals surface area contributed by atoms with Crippen LogP contribution in [0.5, 0.6) is 0 Å². The molecule has 0 bridgehead atoms. The second kappa shape index (κ2) is 3.23. The SMILES string of the molecule is COC(=O)C1=CCCC=C1O. The molecular weight excluding hydrogens is 144 g/mol. The molecule has 1 aliphatic rings. The number of carbonyl (C=O) groups is 1. The lowest BCUT2D eigenvalue weighted by Gasteiger charge is -2.07. The first kappa shape index (κ1) is 7.85. The number of rotatable bonds is 1. The average molecular weight is 154 g/mol. The van der Waals surface area contributed by atoms with E-state index in [-0.39, 0.29) is 11.3 Å². The van der Waals surface area contributed by atoms with E-state index in [0.29, 0.717) is 0 Å². The highest BCUT2D eigenvalue weighted by Gasteiger charge is 2.15. The van der Waals surface area contributed by atoms with Crippen molar-refractivity contribution in [3.63, 3.8) is 0 Å². The molecule has 0 saturated heterocycles. The van der Waals surface area contributed by atoms with Crippen LogP contribution in [0.3, 0.4) is 0 Å². The number of ether oxygens (including phenoxy) is 1. The Morgan fingerprint density at radius 1 is 1.55 bits per heavy atom. The third kappa shape index (κ3) is 1.61. The normalized spacial score (nSPS) is 16.8. The van der Waals surface area contributed by atoms with Crippen LogP contribution in [0.4, 0.5) is 0 Å². The first-order valence-corrected chi connectivity index (χ1v) is 3.43. The van der Waals surface area contributed by atoms with E-state index in [2.05, 4.69) is 4.74 Å². The van der Waals surface area contributed by atoms with E-state index < -0.39 is 5.97 Å². The minimum absolute atomic E-state index is 0.0306. The van der Waals surface area contributed by atoms with Gasteiger partial charge in [-0.1, -0.05) is 6.08 Å². The number of esters is 1. The first-order valence-electron chi connectivity index (χ1n) is 3.43. The molecule has 1 rings (SSSR count). The summed E-state index contributed by atoms with van der Waals surface area (Å²) >= 11 is 0. The molecule has 0 radical (unpaired) electrons. The van der Waals surface area contributed by atoms with E-state index in [9.17, 15) is 4.79 Å². The van der Waals surface area contributed by atoms with Gasteiger partial charge in [0, 0.05) is 0 Å². The molecule has 0 aromatic heterocycles. The van der Waals surface area contributed by atoms with E-state index in [1.165, 1.54) is 7.11 Å². The van der Waals surface area contributed by atoms with E-state index >= 15 is 0 Å². The molecule has 0 unspecified atom stereocenters. The summed E-state index contributed by atoms with van der Waals surface area (Å²) < 4.78 is 4.45. The van der Waals surface area contributed by atoms with Crippen LogP contribution < -0.4 is 0 Å². The molecular formula is C8H10O3. The fourth-order valence-electron chi connectivity index (χ4n) is 0.960. The summed E-state index contributed by atoms with van der Waals surface area (Å²) in [4.78, 5) is 10.9. The molecule has 0 heterocycles. The Bertz CT molecular complexity index is 225. The highest BCUT2D eigenvalue weighted by atomic mass is 16.5. The van der Waals surface area contributed by atoms with Crippen LogP contribution in [-0.4, -0.2) is 18.2 Å². The number of aliphatic hydroxyl groups is 1. The lowest BCUT2D eigenvalue weighted by Crippen LogP contribution is -2.08. The van der Waals surface area contributed by atoms with Crippen molar-refractivity contribution in [1.29, 1.82) is 0 Å². The number of hydrogen-bond donors (Lipinski definition) is 1. The monoisotopic (exact) mass is 154 g/mol. The molecule has 0 spiro atoms. The standard InChI is InChI=1S/C8H10O3/c1-11-8(10)6-4-2-3-5-7(6)9/h4-5,9H,2-3H2,1H3. The molecule has 0 aliphatic heterocycles. The van der Waals surface area contributed by atoms with E-state index in [0.717, 1.165) is 12.8 Å². The van der Waals surface area contributed by atoms with Gasteiger partial charge in [-0.2, -0.15) is 0 Å². The van der Waals surface area contributed by atoms with E-state index in [1.54, 1.807) is 12.2 Å². The van der Waals surface area contributed by atoms with Crippen molar-refractivity contribution >= 4 is 5.97 Å². The maximum atomic E-state index is 10.9. The van der Waals surface area contributed by atoms with E-state index in [1.807, 2.05) is 0 Å². The van der Waals surface area contributed by atoms with Gasteiger partial charge >= 0.3 is 5.97 Å². The third-order valence-electron chi connectivity index (χ3n) is 1.53. The van der Waals surface area contributed by atoms with Crippen molar-refractivity contribution in [2.45, 2.75) is 12.8 Å². The summed E-state index contributed by atoms with van der Waals surface area (Å²) in [6.07, 6.45) is 4.87. The van der Waals surface area contributed by atoms with Crippen LogP contribution in [0, 0.1) is 0 Å². The van der Waals surface area contributed by atoms with Crippen molar-refractivity contribution in [1.82, 2.24) is 0 Å². The first-order chi connectivity index (χ1) is 5.25. The van der Waals surface area contributed by atoms with Crippen LogP contribution in [-0.2, 0) is 9.53 Å². The Morgan fingerprint density at radius 3 is 2.73 bits per heavy atom. The summed E-state index contributed by atoms with van der Waals surface area (Å²) in [6.45, 7) is 0. The van der Waals surface area contributed by atoms with Gasteiger partial charge in [-0.25, -0.2) is 4.79 Å². The van der Waals surface area contributed by atoms with Gasteiger partial charge in [-0.3, -0.25) is 0 Å². The summed E-state index contributed by atoms with van der Waals surface area (Å²) in [5.74, 6) is -0.443. The lowest BCUT2D eigenvalue weighted by molar-refractivity contribution is -0.136. The van der Waals surface area contributed by atoms with Crippen molar-refractivity contribution in [2.24, 2.45) is 0 Å². The zero-order valence-electron chi connectivity index (χ0n) is 6.33. The fraction of sp³-hybridized carbons (Fsp3) is 0.375. The molecule has 0 aromatic rings. The quantitative estimate of drug-likeness (QED) is 0.579. The molecule has 60 valence electrons. The van der Waals surface area contributed by atoms with Gasteiger partial charge in [-0.05, 0) is 18.9 Å². The fourth-order valence-corrected chi connectivity index (χ4v) is 0.960. The molecule has 0 atom stereocenters. The topological polar surface area (TPSA) is 46.5 Å². The molecule has 11 heavy (non-hydrogen) atoms. The number of methoxy groups -OCH3 is 1. The van der Waals surface area contributed by atoms with Gasteiger partial charge in [0.1, 0.15) is 5.76 Å². The Balaban J connectivity index is 2.78. The molecule has 0 aromatic carbocycles. The van der Waals surface area contributed by atoms with E-state index in [4.69, 9.17) is 5.11 Å². The highest BCUT2D eigenvalue weighted by molar-refractivity contribution is 5.92. The van der Waals surface area contributed by atoms with Gasteiger partial charge in [0.05, 0.1) is 12.7 Å². The summed E-state index contributed by atoms with van der Waals surface area (Å²) in [7, 11) is 1.30. The van der Waals surface area contributed by atoms with Crippen LogP contribution in [0.15, 0.2) is 23.5 Å². The third-order valence-corrected chi connectivity index (χ3v) is 1.53. The molecule has 3 heteroatoms. The minimum Gasteiger partial charge on any atom is -0.507 e. The van der Waals surface area contributed by atoms with Crippen LogP contribution in [0.25, 0.3) is 0 Å². The number of carbonyl (C=O) groups excluding carboxylic acids is 1. The van der Waals surface area contributed by atoms with Crippen molar-refractivity contribution < 1.29 is 14.6 Å². The van der Waals surface area contributed by atoms with Crippen LogP contribution >= 0.6 is 0 Å². The predicted molar refractivity (Wildman–Crippen MR) is 40.0 cm³/mol. The molecule has 0 saturated carbocycles. The Morgan fingerprint density at radius 2 is 2.18 bits per heavy atom. The van der Waals surface area contributed by atoms with Crippen molar-refractivity contribution in [2.75, 3.05) is 7.11 Å². The van der Waals surface area contributed by atoms with Crippen molar-refractivity contribution in [3.8, 4) is 0 Å². The summed E-state index contributed by atoms with van der Waals surface area (Å²) in [5, 5.41) is 9.16. The molecule has 0 fully saturated rings. The number of hydrogen-bond acceptors (Lipinski definition) is 3. The molecule has 1 aliphatic carbocycles. The maximum absolute atomic E-state index is 10.9. The van der Waals surface area contributed by atoms with Crippen molar-refractivity contribution in [3.05, 3.63) is 23.5 Å². The lowest BCUT2D eigenvalue weighted by atomic mass is 10.1. The van der Waals surface area contributed by atoms with Gasteiger partial charge in [0.2, 0.25) is 0 Å². The zero-order valence-corrected chi connectivity index (χ0v) is 6.33. The van der Waals surface area contributed by atoms with Gasteiger partial charge in [-0.15, -0.1) is 0 Å². The summed E-state index contributed by atoms with van der Waals surface area (Å²) in [6, 6.07) is 0. The van der Waals surface area contributed by atoms with Gasteiger partial charge in [0.25, 0.3) is 0 Å². The molecule has 1 N–H and O–H groups in total. The maximum Gasteiger partial charge on any atom is 0.341 e. The highest BCUT2D eigenvalue weighted by Crippen LogP contribution is 2.16. The van der Waals surface area contributed by atoms with Gasteiger partial charge < -0.3 is 9.84 Å².